The van der Waals surface area contributed by atoms with Crippen molar-refractivity contribution >= 4 is 5.97 Å². The van der Waals surface area contributed by atoms with E-state index < -0.39 is 5.97 Å². The van der Waals surface area contributed by atoms with Crippen molar-refractivity contribution < 1.29 is 9.90 Å². The molecule has 1 atom stereocenters. The first-order valence-electron chi connectivity index (χ1n) is 4.46. The van der Waals surface area contributed by atoms with E-state index in [0.29, 0.717) is 5.92 Å². The predicted octanol–water partition coefficient (Wildman–Crippen LogP) is 0.920. The molecule has 0 radical (unpaired) electrons. The van der Waals surface area contributed by atoms with Crippen LogP contribution in [0.15, 0.2) is 12.5 Å². The topological polar surface area (TPSA) is 55.1 Å². The molecule has 13 heavy (non-hydrogen) atoms. The number of aromatic nitrogens is 2. The first kappa shape index (κ1) is 8.29. The van der Waals surface area contributed by atoms with Crippen LogP contribution < -0.4 is 0 Å². The fourth-order valence-electron chi connectivity index (χ4n) is 1.86. The number of imidazole rings is 1. The molecular weight excluding hydrogens is 168 g/mol. The largest absolute Gasteiger partial charge is 0.481 e. The summed E-state index contributed by atoms with van der Waals surface area (Å²) >= 11 is 0. The summed E-state index contributed by atoms with van der Waals surface area (Å²) in [7, 11) is 0. The Labute approximate surface area is 76.2 Å². The quantitative estimate of drug-likeness (QED) is 0.736. The second-order valence-corrected chi connectivity index (χ2v) is 3.54. The Morgan fingerprint density at radius 3 is 3.38 bits per heavy atom. The lowest BCUT2D eigenvalue weighted by Gasteiger charge is -2.21. The first-order valence-corrected chi connectivity index (χ1v) is 4.46. The van der Waals surface area contributed by atoms with Crippen LogP contribution in [0.2, 0.25) is 0 Å². The Morgan fingerprint density at radius 1 is 1.77 bits per heavy atom. The van der Waals surface area contributed by atoms with Crippen LogP contribution in [0.5, 0.6) is 0 Å². The fourth-order valence-corrected chi connectivity index (χ4v) is 1.86. The van der Waals surface area contributed by atoms with Crippen molar-refractivity contribution in [2.75, 3.05) is 0 Å². The van der Waals surface area contributed by atoms with Crippen LogP contribution >= 0.6 is 0 Å². The molecule has 4 nitrogen and oxygen atoms in total. The zero-order chi connectivity index (χ0) is 9.26. The minimum Gasteiger partial charge on any atom is -0.481 e. The van der Waals surface area contributed by atoms with Gasteiger partial charge < -0.3 is 9.67 Å². The average Bonchev–Trinajstić information content (AvgIpc) is 2.49. The molecule has 0 aromatic carbocycles. The smallest absolute Gasteiger partial charge is 0.303 e. The summed E-state index contributed by atoms with van der Waals surface area (Å²) < 4.78 is 2.10. The molecule has 0 aliphatic carbocycles. The monoisotopic (exact) mass is 180 g/mol. The third kappa shape index (κ3) is 1.71. The van der Waals surface area contributed by atoms with Gasteiger partial charge in [0.25, 0.3) is 0 Å². The molecule has 1 aromatic rings. The van der Waals surface area contributed by atoms with Crippen molar-refractivity contribution in [1.29, 1.82) is 0 Å². The van der Waals surface area contributed by atoms with E-state index in [2.05, 4.69) is 9.55 Å². The number of aryl methyl sites for hydroxylation is 1. The summed E-state index contributed by atoms with van der Waals surface area (Å²) in [4.78, 5) is 14.5. The van der Waals surface area contributed by atoms with E-state index in [4.69, 9.17) is 5.11 Å². The highest BCUT2D eigenvalue weighted by Crippen LogP contribution is 2.22. The van der Waals surface area contributed by atoms with Gasteiger partial charge in [0.2, 0.25) is 0 Å². The van der Waals surface area contributed by atoms with E-state index in [-0.39, 0.29) is 6.42 Å². The van der Waals surface area contributed by atoms with Crippen molar-refractivity contribution in [2.45, 2.75) is 25.8 Å². The third-order valence-electron chi connectivity index (χ3n) is 2.54. The second-order valence-electron chi connectivity index (χ2n) is 3.54. The van der Waals surface area contributed by atoms with Gasteiger partial charge in [-0.3, -0.25) is 4.79 Å². The van der Waals surface area contributed by atoms with Crippen LogP contribution in [0.1, 0.15) is 18.5 Å². The molecule has 2 heterocycles. The molecule has 0 amide bonds. The van der Waals surface area contributed by atoms with Gasteiger partial charge in [-0.05, 0) is 18.8 Å². The molecule has 1 aromatic heterocycles. The Bertz CT molecular complexity index is 319. The molecule has 1 unspecified atom stereocenters. The number of nitrogens with zero attached hydrogens (tertiary/aromatic N) is 2. The molecule has 1 aliphatic rings. The van der Waals surface area contributed by atoms with Crippen LogP contribution in [0.3, 0.4) is 0 Å². The van der Waals surface area contributed by atoms with Crippen LogP contribution in [-0.4, -0.2) is 20.6 Å². The maximum atomic E-state index is 10.5. The zero-order valence-corrected chi connectivity index (χ0v) is 7.31. The van der Waals surface area contributed by atoms with Gasteiger partial charge in [0.1, 0.15) is 0 Å². The van der Waals surface area contributed by atoms with Crippen molar-refractivity contribution in [3.05, 3.63) is 18.2 Å². The van der Waals surface area contributed by atoms with E-state index in [1.54, 1.807) is 0 Å². The number of hydrogen-bond acceptors (Lipinski definition) is 2. The number of carboxylic acid groups (broad SMARTS) is 1. The molecule has 0 saturated heterocycles. The highest BCUT2D eigenvalue weighted by atomic mass is 16.4. The molecule has 0 fully saturated rings. The van der Waals surface area contributed by atoms with E-state index in [1.807, 2.05) is 12.5 Å². The van der Waals surface area contributed by atoms with E-state index in [9.17, 15) is 4.79 Å². The summed E-state index contributed by atoms with van der Waals surface area (Å²) in [5, 5.41) is 8.64. The number of fused-ring (bicyclic) bond motifs is 1. The molecule has 0 bridgehead atoms. The molecule has 4 heteroatoms. The number of carbonyl (C=O) groups is 1. The lowest BCUT2D eigenvalue weighted by molar-refractivity contribution is -0.138. The Kier molecular flexibility index (Phi) is 2.04. The fraction of sp³-hybridized carbons (Fsp3) is 0.556. The van der Waals surface area contributed by atoms with Gasteiger partial charge in [0.15, 0.2) is 0 Å². The average molecular weight is 180 g/mol. The highest BCUT2D eigenvalue weighted by Gasteiger charge is 2.20. The number of aliphatic carboxylic acids is 1. The summed E-state index contributed by atoms with van der Waals surface area (Å²) in [6.07, 6.45) is 5.73. The Hall–Kier alpha value is -1.32. The lowest BCUT2D eigenvalue weighted by atomic mass is 9.93. The van der Waals surface area contributed by atoms with Crippen LogP contribution in [0.4, 0.5) is 0 Å². The molecule has 0 spiro atoms. The number of carboxylic acids is 1. The van der Waals surface area contributed by atoms with Gasteiger partial charge in [-0.15, -0.1) is 0 Å². The Balaban J connectivity index is 2.04. The summed E-state index contributed by atoms with van der Waals surface area (Å²) in [6, 6.07) is 0. The number of hydrogen-bond donors (Lipinski definition) is 1. The van der Waals surface area contributed by atoms with Crippen LogP contribution in [0, 0.1) is 5.92 Å². The lowest BCUT2D eigenvalue weighted by Crippen LogP contribution is -2.20. The second kappa shape index (κ2) is 3.20. The van der Waals surface area contributed by atoms with Crippen molar-refractivity contribution in [3.63, 3.8) is 0 Å². The third-order valence-corrected chi connectivity index (χ3v) is 2.54. The minimum absolute atomic E-state index is 0.283. The normalized spacial score (nSPS) is 21.1. The standard InChI is InChI=1S/C9H12N2O2/c12-9(13)4-7-1-2-11-6-10-5-8(11)3-7/h5-7H,1-4H2,(H,12,13). The van der Waals surface area contributed by atoms with Crippen molar-refractivity contribution in [2.24, 2.45) is 5.92 Å². The first-order chi connectivity index (χ1) is 6.25. The number of rotatable bonds is 2. The van der Waals surface area contributed by atoms with E-state index in [1.165, 1.54) is 0 Å². The highest BCUT2D eigenvalue weighted by molar-refractivity contribution is 5.67. The summed E-state index contributed by atoms with van der Waals surface area (Å²) in [5.41, 5.74) is 1.16. The van der Waals surface area contributed by atoms with Gasteiger partial charge in [-0.1, -0.05) is 0 Å². The van der Waals surface area contributed by atoms with E-state index >= 15 is 0 Å². The maximum Gasteiger partial charge on any atom is 0.303 e. The van der Waals surface area contributed by atoms with Gasteiger partial charge in [-0.25, -0.2) is 4.98 Å². The zero-order valence-electron chi connectivity index (χ0n) is 7.31. The molecular formula is C9H12N2O2. The summed E-state index contributed by atoms with van der Waals surface area (Å²) in [5.74, 6) is -0.403. The summed E-state index contributed by atoms with van der Waals surface area (Å²) in [6.45, 7) is 0.910. The molecule has 0 saturated carbocycles. The SMILES string of the molecule is O=C(O)CC1CCn2cncc2C1. The van der Waals surface area contributed by atoms with Crippen LogP contribution in [-0.2, 0) is 17.8 Å². The van der Waals surface area contributed by atoms with Gasteiger partial charge in [0, 0.05) is 24.9 Å². The maximum absolute atomic E-state index is 10.5. The van der Waals surface area contributed by atoms with Gasteiger partial charge in [-0.2, -0.15) is 0 Å². The predicted molar refractivity (Wildman–Crippen MR) is 46.3 cm³/mol. The van der Waals surface area contributed by atoms with Gasteiger partial charge in [0.05, 0.1) is 6.33 Å². The van der Waals surface area contributed by atoms with Crippen molar-refractivity contribution in [1.82, 2.24) is 9.55 Å². The molecule has 1 aliphatic heterocycles. The van der Waals surface area contributed by atoms with Crippen LogP contribution in [0.25, 0.3) is 0 Å². The van der Waals surface area contributed by atoms with Gasteiger partial charge >= 0.3 is 5.97 Å². The molecule has 70 valence electrons. The molecule has 1 N–H and O–H groups in total. The molecule has 2 rings (SSSR count). The van der Waals surface area contributed by atoms with E-state index in [0.717, 1.165) is 25.1 Å². The minimum atomic E-state index is -0.696. The Morgan fingerprint density at radius 2 is 2.62 bits per heavy atom. The van der Waals surface area contributed by atoms with Crippen molar-refractivity contribution in [3.8, 4) is 0 Å².